The van der Waals surface area contributed by atoms with Gasteiger partial charge in [0.15, 0.2) is 0 Å². The minimum Gasteiger partial charge on any atom is -0.497 e. The zero-order valence-corrected chi connectivity index (χ0v) is 12.1. The van der Waals surface area contributed by atoms with Gasteiger partial charge in [0.2, 0.25) is 0 Å². The van der Waals surface area contributed by atoms with Gasteiger partial charge in [-0.2, -0.15) is 0 Å². The van der Waals surface area contributed by atoms with Crippen molar-refractivity contribution >= 4 is 0 Å². The summed E-state index contributed by atoms with van der Waals surface area (Å²) >= 11 is 0. The highest BCUT2D eigenvalue weighted by atomic mass is 16.5. The van der Waals surface area contributed by atoms with Gasteiger partial charge in [-0.15, -0.1) is 0 Å². The summed E-state index contributed by atoms with van der Waals surface area (Å²) in [6.07, 6.45) is 1.07. The van der Waals surface area contributed by atoms with Crippen molar-refractivity contribution in [2.45, 2.75) is 19.4 Å². The Morgan fingerprint density at radius 3 is 2.26 bits per heavy atom. The van der Waals surface area contributed by atoms with E-state index >= 15 is 0 Å². The molecule has 0 saturated heterocycles. The molecule has 108 valence electrons. The van der Waals surface area contributed by atoms with Crippen LogP contribution in [0.4, 0.5) is 0 Å². The molecule has 1 unspecified atom stereocenters. The fourth-order valence-corrected chi connectivity index (χ4v) is 1.71. The molecule has 0 aliphatic rings. The average molecular weight is 268 g/mol. The van der Waals surface area contributed by atoms with Crippen LogP contribution in [-0.4, -0.2) is 46.8 Å². The SMILES string of the molecule is COCCOCCOC(C)Cc1ccc(OC)cc1. The maximum atomic E-state index is 5.69. The Bertz CT molecular complexity index is 323. The van der Waals surface area contributed by atoms with Gasteiger partial charge in [-0.25, -0.2) is 0 Å². The average Bonchev–Trinajstić information content (AvgIpc) is 2.43. The van der Waals surface area contributed by atoms with Crippen molar-refractivity contribution in [1.82, 2.24) is 0 Å². The van der Waals surface area contributed by atoms with Gasteiger partial charge in [0, 0.05) is 7.11 Å². The van der Waals surface area contributed by atoms with Gasteiger partial charge in [-0.3, -0.25) is 0 Å². The number of hydrogen-bond donors (Lipinski definition) is 0. The van der Waals surface area contributed by atoms with Crippen LogP contribution in [0, 0.1) is 0 Å². The predicted octanol–water partition coefficient (Wildman–Crippen LogP) is 2.31. The molecule has 0 aliphatic carbocycles. The van der Waals surface area contributed by atoms with E-state index in [1.54, 1.807) is 14.2 Å². The molecule has 0 N–H and O–H groups in total. The molecule has 0 aliphatic heterocycles. The second-order valence-electron chi connectivity index (χ2n) is 4.34. The summed E-state index contributed by atoms with van der Waals surface area (Å²) in [5, 5.41) is 0. The van der Waals surface area contributed by atoms with Crippen LogP contribution in [-0.2, 0) is 20.6 Å². The van der Waals surface area contributed by atoms with Crippen LogP contribution in [0.3, 0.4) is 0 Å². The lowest BCUT2D eigenvalue weighted by Crippen LogP contribution is -2.16. The van der Waals surface area contributed by atoms with Crippen LogP contribution >= 0.6 is 0 Å². The van der Waals surface area contributed by atoms with E-state index in [0.717, 1.165) is 12.2 Å². The van der Waals surface area contributed by atoms with Gasteiger partial charge in [0.05, 0.1) is 39.6 Å². The molecule has 0 saturated carbocycles. The van der Waals surface area contributed by atoms with Gasteiger partial charge in [0.25, 0.3) is 0 Å². The third kappa shape index (κ3) is 7.15. The topological polar surface area (TPSA) is 36.9 Å². The molecule has 0 radical (unpaired) electrons. The Morgan fingerprint density at radius 2 is 1.63 bits per heavy atom. The Labute approximate surface area is 115 Å². The Kier molecular flexibility index (Phi) is 8.21. The van der Waals surface area contributed by atoms with E-state index in [4.69, 9.17) is 18.9 Å². The summed E-state index contributed by atoms with van der Waals surface area (Å²) < 4.78 is 21.0. The number of hydrogen-bond acceptors (Lipinski definition) is 4. The number of methoxy groups -OCH3 is 2. The normalized spacial score (nSPS) is 12.4. The molecular weight excluding hydrogens is 244 g/mol. The molecule has 0 amide bonds. The summed E-state index contributed by atoms with van der Waals surface area (Å²) in [5.41, 5.74) is 1.24. The zero-order chi connectivity index (χ0) is 13.9. The van der Waals surface area contributed by atoms with Crippen molar-refractivity contribution in [3.63, 3.8) is 0 Å². The Hall–Kier alpha value is -1.10. The molecule has 1 aromatic carbocycles. The predicted molar refractivity (Wildman–Crippen MR) is 74.8 cm³/mol. The largest absolute Gasteiger partial charge is 0.497 e. The smallest absolute Gasteiger partial charge is 0.118 e. The van der Waals surface area contributed by atoms with Crippen LogP contribution in [0.2, 0.25) is 0 Å². The molecule has 4 nitrogen and oxygen atoms in total. The van der Waals surface area contributed by atoms with Crippen molar-refractivity contribution in [3.8, 4) is 5.75 Å². The van der Waals surface area contributed by atoms with Gasteiger partial charge in [-0.1, -0.05) is 12.1 Å². The number of ether oxygens (including phenoxy) is 4. The van der Waals surface area contributed by atoms with E-state index in [-0.39, 0.29) is 6.10 Å². The molecule has 4 heteroatoms. The fraction of sp³-hybridized carbons (Fsp3) is 0.600. The highest BCUT2D eigenvalue weighted by molar-refractivity contribution is 5.27. The van der Waals surface area contributed by atoms with Crippen LogP contribution in [0.25, 0.3) is 0 Å². The van der Waals surface area contributed by atoms with Crippen molar-refractivity contribution in [1.29, 1.82) is 0 Å². The monoisotopic (exact) mass is 268 g/mol. The highest BCUT2D eigenvalue weighted by Gasteiger charge is 2.04. The summed E-state index contributed by atoms with van der Waals surface area (Å²) in [6.45, 7) is 4.53. The van der Waals surface area contributed by atoms with Gasteiger partial charge < -0.3 is 18.9 Å². The van der Waals surface area contributed by atoms with Crippen molar-refractivity contribution < 1.29 is 18.9 Å². The van der Waals surface area contributed by atoms with Crippen LogP contribution < -0.4 is 4.74 Å². The summed E-state index contributed by atoms with van der Waals surface area (Å²) in [7, 11) is 3.33. The molecular formula is C15H24O4. The Morgan fingerprint density at radius 1 is 0.947 bits per heavy atom. The summed E-state index contributed by atoms with van der Waals surface area (Å²) in [4.78, 5) is 0. The quantitative estimate of drug-likeness (QED) is 0.610. The zero-order valence-electron chi connectivity index (χ0n) is 12.1. The second-order valence-corrected chi connectivity index (χ2v) is 4.34. The van der Waals surface area contributed by atoms with E-state index in [1.807, 2.05) is 12.1 Å². The first kappa shape index (κ1) is 16.0. The molecule has 0 bridgehead atoms. The lowest BCUT2D eigenvalue weighted by atomic mass is 10.1. The lowest BCUT2D eigenvalue weighted by molar-refractivity contribution is -0.0000834. The third-order valence-corrected chi connectivity index (χ3v) is 2.74. The molecule has 1 aromatic rings. The molecule has 0 aromatic heterocycles. The van der Waals surface area contributed by atoms with Crippen LogP contribution in [0.1, 0.15) is 12.5 Å². The van der Waals surface area contributed by atoms with Gasteiger partial charge in [-0.05, 0) is 31.0 Å². The minimum absolute atomic E-state index is 0.180. The van der Waals surface area contributed by atoms with E-state index in [9.17, 15) is 0 Å². The molecule has 19 heavy (non-hydrogen) atoms. The van der Waals surface area contributed by atoms with Crippen LogP contribution in [0.15, 0.2) is 24.3 Å². The Balaban J connectivity index is 2.14. The van der Waals surface area contributed by atoms with E-state index < -0.39 is 0 Å². The van der Waals surface area contributed by atoms with E-state index in [0.29, 0.717) is 26.4 Å². The number of rotatable bonds is 10. The third-order valence-electron chi connectivity index (χ3n) is 2.74. The van der Waals surface area contributed by atoms with Crippen LogP contribution in [0.5, 0.6) is 5.75 Å². The molecule has 0 spiro atoms. The first-order valence-corrected chi connectivity index (χ1v) is 6.57. The molecule has 0 heterocycles. The lowest BCUT2D eigenvalue weighted by Gasteiger charge is -2.13. The van der Waals surface area contributed by atoms with Crippen molar-refractivity contribution in [2.24, 2.45) is 0 Å². The highest BCUT2D eigenvalue weighted by Crippen LogP contribution is 2.13. The molecule has 0 fully saturated rings. The standard InChI is InChI=1S/C15H24O4/c1-13(19-11-10-18-9-8-16-2)12-14-4-6-15(17-3)7-5-14/h4-7,13H,8-12H2,1-3H3. The van der Waals surface area contributed by atoms with Crippen molar-refractivity contribution in [3.05, 3.63) is 29.8 Å². The van der Waals surface area contributed by atoms with Crippen molar-refractivity contribution in [2.75, 3.05) is 40.6 Å². The summed E-state index contributed by atoms with van der Waals surface area (Å²) in [6, 6.07) is 8.06. The number of benzene rings is 1. The molecule has 1 rings (SSSR count). The van der Waals surface area contributed by atoms with Gasteiger partial charge >= 0.3 is 0 Å². The first-order chi connectivity index (χ1) is 9.26. The first-order valence-electron chi connectivity index (χ1n) is 6.57. The minimum atomic E-state index is 0.180. The van der Waals surface area contributed by atoms with Gasteiger partial charge in [0.1, 0.15) is 5.75 Å². The second kappa shape index (κ2) is 9.78. The summed E-state index contributed by atoms with van der Waals surface area (Å²) in [5.74, 6) is 0.879. The van der Waals surface area contributed by atoms with E-state index in [1.165, 1.54) is 5.56 Å². The van der Waals surface area contributed by atoms with E-state index in [2.05, 4.69) is 19.1 Å². The fourth-order valence-electron chi connectivity index (χ4n) is 1.71. The molecule has 1 atom stereocenters. The maximum absolute atomic E-state index is 5.69. The maximum Gasteiger partial charge on any atom is 0.118 e.